The molecule has 2 heterocycles. The van der Waals surface area contributed by atoms with Crippen LogP contribution < -0.4 is 11.3 Å². The van der Waals surface area contributed by atoms with Crippen LogP contribution in [0.3, 0.4) is 0 Å². The molecule has 0 bridgehead atoms. The van der Waals surface area contributed by atoms with Crippen molar-refractivity contribution in [2.45, 2.75) is 31.9 Å². The highest BCUT2D eigenvalue weighted by atomic mass is 79.9. The molecule has 3 N–H and O–H groups in total. The molecule has 0 aromatic carbocycles. The van der Waals surface area contributed by atoms with Gasteiger partial charge in [-0.25, -0.2) is 5.43 Å². The van der Waals surface area contributed by atoms with Crippen LogP contribution in [0.4, 0.5) is 0 Å². The Hall–Kier alpha value is -0.360. The van der Waals surface area contributed by atoms with Crippen LogP contribution in [-0.2, 0) is 4.74 Å². The van der Waals surface area contributed by atoms with Crippen molar-refractivity contribution in [3.63, 3.8) is 0 Å². The highest BCUT2D eigenvalue weighted by Gasteiger charge is 2.36. The average Bonchev–Trinajstić information content (AvgIpc) is 2.90. The van der Waals surface area contributed by atoms with Gasteiger partial charge in [0.1, 0.15) is 5.76 Å². The Balaban J connectivity index is 2.19. The molecule has 90 valence electrons. The minimum atomic E-state index is 0.0109. The van der Waals surface area contributed by atoms with Crippen LogP contribution in [-0.4, -0.2) is 12.7 Å². The first-order valence-electron chi connectivity index (χ1n) is 5.58. The fourth-order valence-corrected chi connectivity index (χ4v) is 2.84. The second kappa shape index (κ2) is 5.31. The molecule has 16 heavy (non-hydrogen) atoms. The van der Waals surface area contributed by atoms with Crippen LogP contribution in [0.1, 0.15) is 31.6 Å². The summed E-state index contributed by atoms with van der Waals surface area (Å²) in [5, 5.41) is 0. The van der Waals surface area contributed by atoms with Gasteiger partial charge in [-0.05, 0) is 34.8 Å². The summed E-state index contributed by atoms with van der Waals surface area (Å²) in [6.07, 6.45) is 3.94. The summed E-state index contributed by atoms with van der Waals surface area (Å²) in [6, 6.07) is 1.90. The first kappa shape index (κ1) is 12.1. The molecule has 1 aromatic heterocycles. The van der Waals surface area contributed by atoms with Gasteiger partial charge in [-0.2, -0.15) is 0 Å². The Morgan fingerprint density at radius 2 is 2.50 bits per heavy atom. The van der Waals surface area contributed by atoms with E-state index in [4.69, 9.17) is 15.0 Å². The van der Waals surface area contributed by atoms with E-state index in [1.807, 2.05) is 6.07 Å². The van der Waals surface area contributed by atoms with E-state index in [1.165, 1.54) is 0 Å². The number of nitrogens with two attached hydrogens (primary N) is 1. The number of hydrazine groups is 1. The zero-order chi connectivity index (χ0) is 11.5. The van der Waals surface area contributed by atoms with E-state index in [2.05, 4.69) is 28.3 Å². The molecule has 3 unspecified atom stereocenters. The summed E-state index contributed by atoms with van der Waals surface area (Å²) in [7, 11) is 0. The van der Waals surface area contributed by atoms with Gasteiger partial charge in [-0.1, -0.05) is 6.92 Å². The van der Waals surface area contributed by atoms with E-state index in [-0.39, 0.29) is 12.1 Å². The van der Waals surface area contributed by atoms with Gasteiger partial charge >= 0.3 is 0 Å². The van der Waals surface area contributed by atoms with Crippen LogP contribution in [0.15, 0.2) is 21.2 Å². The number of hydrogen-bond donors (Lipinski definition) is 2. The molecule has 4 nitrogen and oxygen atoms in total. The molecule has 0 radical (unpaired) electrons. The molecule has 5 heteroatoms. The highest BCUT2D eigenvalue weighted by molar-refractivity contribution is 9.10. The van der Waals surface area contributed by atoms with Gasteiger partial charge in [0.25, 0.3) is 0 Å². The third-order valence-electron chi connectivity index (χ3n) is 3.20. The minimum absolute atomic E-state index is 0.0109. The van der Waals surface area contributed by atoms with Gasteiger partial charge in [0.15, 0.2) is 0 Å². The minimum Gasteiger partial charge on any atom is -0.466 e. The SMILES string of the molecule is CCC1OCCC1C(NN)c1occc1Br. The number of hydrogen-bond acceptors (Lipinski definition) is 4. The van der Waals surface area contributed by atoms with Crippen molar-refractivity contribution < 1.29 is 9.15 Å². The van der Waals surface area contributed by atoms with Crippen molar-refractivity contribution in [3.8, 4) is 0 Å². The Morgan fingerprint density at radius 1 is 1.69 bits per heavy atom. The summed E-state index contributed by atoms with van der Waals surface area (Å²) in [6.45, 7) is 2.94. The summed E-state index contributed by atoms with van der Waals surface area (Å²) in [4.78, 5) is 0. The average molecular weight is 289 g/mol. The maximum Gasteiger partial charge on any atom is 0.136 e. The van der Waals surface area contributed by atoms with Crippen molar-refractivity contribution in [1.29, 1.82) is 0 Å². The van der Waals surface area contributed by atoms with Gasteiger partial charge in [0, 0.05) is 12.5 Å². The predicted octanol–water partition coefficient (Wildman–Crippen LogP) is 2.36. The van der Waals surface area contributed by atoms with Crippen molar-refractivity contribution in [1.82, 2.24) is 5.43 Å². The number of ether oxygens (including phenoxy) is 1. The van der Waals surface area contributed by atoms with Gasteiger partial charge < -0.3 is 9.15 Å². The molecular weight excluding hydrogens is 272 g/mol. The van der Waals surface area contributed by atoms with Gasteiger partial charge in [0.05, 0.1) is 22.9 Å². The number of furan rings is 1. The van der Waals surface area contributed by atoms with Crippen molar-refractivity contribution in [2.75, 3.05) is 6.61 Å². The van der Waals surface area contributed by atoms with E-state index in [1.54, 1.807) is 6.26 Å². The quantitative estimate of drug-likeness (QED) is 0.660. The molecule has 0 saturated carbocycles. The van der Waals surface area contributed by atoms with Crippen LogP contribution in [0.5, 0.6) is 0 Å². The predicted molar refractivity (Wildman–Crippen MR) is 64.6 cm³/mol. The zero-order valence-corrected chi connectivity index (χ0v) is 10.9. The molecule has 1 aliphatic rings. The highest BCUT2D eigenvalue weighted by Crippen LogP contribution is 2.37. The first-order valence-corrected chi connectivity index (χ1v) is 6.37. The number of rotatable bonds is 4. The fraction of sp³-hybridized carbons (Fsp3) is 0.636. The summed E-state index contributed by atoms with van der Waals surface area (Å²) < 4.78 is 12.1. The topological polar surface area (TPSA) is 60.4 Å². The third kappa shape index (κ3) is 2.18. The molecule has 1 saturated heterocycles. The largest absolute Gasteiger partial charge is 0.466 e. The summed E-state index contributed by atoms with van der Waals surface area (Å²) in [5.41, 5.74) is 2.85. The maximum absolute atomic E-state index is 5.68. The molecule has 1 fully saturated rings. The molecule has 1 aromatic rings. The molecule has 0 spiro atoms. The van der Waals surface area contributed by atoms with Crippen molar-refractivity contribution >= 4 is 15.9 Å². The van der Waals surface area contributed by atoms with Crippen LogP contribution >= 0.6 is 15.9 Å². The fourth-order valence-electron chi connectivity index (χ4n) is 2.39. The lowest BCUT2D eigenvalue weighted by Gasteiger charge is -2.25. The van der Waals surface area contributed by atoms with Crippen molar-refractivity contribution in [2.24, 2.45) is 11.8 Å². The summed E-state index contributed by atoms with van der Waals surface area (Å²) in [5.74, 6) is 6.87. The zero-order valence-electron chi connectivity index (χ0n) is 9.28. The Bertz CT molecular complexity index is 342. The lowest BCUT2D eigenvalue weighted by molar-refractivity contribution is 0.0746. The summed E-state index contributed by atoms with van der Waals surface area (Å²) >= 11 is 3.47. The molecule has 2 rings (SSSR count). The number of halogens is 1. The van der Waals surface area contributed by atoms with Gasteiger partial charge in [-0.15, -0.1) is 0 Å². The smallest absolute Gasteiger partial charge is 0.136 e. The third-order valence-corrected chi connectivity index (χ3v) is 3.85. The first-order chi connectivity index (χ1) is 7.77. The Morgan fingerprint density at radius 3 is 3.06 bits per heavy atom. The van der Waals surface area contributed by atoms with E-state index >= 15 is 0 Å². The van der Waals surface area contributed by atoms with E-state index < -0.39 is 0 Å². The number of nitrogens with one attached hydrogen (secondary N) is 1. The van der Waals surface area contributed by atoms with Gasteiger partial charge in [0.2, 0.25) is 0 Å². The molecule has 1 aliphatic heterocycles. The molecule has 0 amide bonds. The Labute approximate surface area is 104 Å². The van der Waals surface area contributed by atoms with E-state index in [0.717, 1.165) is 29.7 Å². The van der Waals surface area contributed by atoms with Crippen LogP contribution in [0.25, 0.3) is 0 Å². The standard InChI is InChI=1S/C11H17BrN2O2/c1-2-9-7(3-5-15-9)10(14-13)11-8(12)4-6-16-11/h4,6-7,9-10,14H,2-3,5,13H2,1H3. The van der Waals surface area contributed by atoms with Crippen LogP contribution in [0.2, 0.25) is 0 Å². The maximum atomic E-state index is 5.68. The molecule has 3 atom stereocenters. The van der Waals surface area contributed by atoms with Gasteiger partial charge in [-0.3, -0.25) is 5.84 Å². The van der Waals surface area contributed by atoms with Crippen LogP contribution in [0, 0.1) is 5.92 Å². The lowest BCUT2D eigenvalue weighted by Crippen LogP contribution is -2.36. The van der Waals surface area contributed by atoms with E-state index in [0.29, 0.717) is 5.92 Å². The molecule has 0 aliphatic carbocycles. The second-order valence-corrected chi connectivity index (χ2v) is 4.90. The Kier molecular flexibility index (Phi) is 4.02. The lowest BCUT2D eigenvalue weighted by atomic mass is 9.90. The normalized spacial score (nSPS) is 27.2. The van der Waals surface area contributed by atoms with E-state index in [9.17, 15) is 0 Å². The monoisotopic (exact) mass is 288 g/mol. The van der Waals surface area contributed by atoms with Crippen molar-refractivity contribution in [3.05, 3.63) is 22.6 Å². The second-order valence-electron chi connectivity index (χ2n) is 4.05. The molecular formula is C11H17BrN2O2.